The molecule has 1 heterocycles. The number of aliphatic hydroxyl groups excluding tert-OH is 1. The lowest BCUT2D eigenvalue weighted by atomic mass is 9.88. The van der Waals surface area contributed by atoms with Gasteiger partial charge in [0.1, 0.15) is 18.2 Å². The molecule has 4 amide bonds. The van der Waals surface area contributed by atoms with Crippen molar-refractivity contribution in [3.05, 3.63) is 108 Å². The fourth-order valence-electron chi connectivity index (χ4n) is 6.40. The van der Waals surface area contributed by atoms with Gasteiger partial charge in [-0.2, -0.15) is 0 Å². The monoisotopic (exact) mass is 728 g/mol. The average Bonchev–Trinajstić information content (AvgIpc) is 3.12. The van der Waals surface area contributed by atoms with E-state index in [4.69, 9.17) is 9.47 Å². The molecule has 3 aromatic rings. The number of nitrogens with one attached hydrogen (secondary N) is 3. The Morgan fingerprint density at radius 3 is 1.83 bits per heavy atom. The Balaban J connectivity index is 1.41. The van der Waals surface area contributed by atoms with Crippen LogP contribution >= 0.6 is 0 Å². The second-order valence-corrected chi connectivity index (χ2v) is 15.2. The lowest BCUT2D eigenvalue weighted by Crippen LogP contribution is -2.56. The molecule has 1 fully saturated rings. The van der Waals surface area contributed by atoms with Crippen LogP contribution in [0.4, 0.5) is 9.59 Å². The van der Waals surface area contributed by atoms with Gasteiger partial charge in [-0.05, 0) is 75.5 Å². The minimum atomic E-state index is -1.11. The maximum absolute atomic E-state index is 14.1. The summed E-state index contributed by atoms with van der Waals surface area (Å²) in [4.78, 5) is 55.1. The molecule has 1 aliphatic rings. The van der Waals surface area contributed by atoms with Crippen LogP contribution in [-0.4, -0.2) is 76.9 Å². The van der Waals surface area contributed by atoms with Crippen LogP contribution in [0.3, 0.4) is 0 Å². The molecular formula is C42H56N4O7. The third-order valence-electron chi connectivity index (χ3n) is 9.26. The SMILES string of the molecule is CC(C)[C@H](NC(=O)[C@@H](Cc1ccccc1)C[C@@H](O)[C@H](Cc1ccccc1)NC(=O)OC(C)(C)C)C(=O)N1CCC(NC(=O)OCc2ccccc2)CC1. The Bertz CT molecular complexity index is 1590. The molecule has 1 aliphatic heterocycles. The van der Waals surface area contributed by atoms with Gasteiger partial charge in [-0.25, -0.2) is 9.59 Å². The van der Waals surface area contributed by atoms with Gasteiger partial charge in [0.15, 0.2) is 0 Å². The summed E-state index contributed by atoms with van der Waals surface area (Å²) in [6.07, 6.45) is -0.470. The number of amides is 4. The number of alkyl carbamates (subject to hydrolysis) is 2. The average molecular weight is 729 g/mol. The highest BCUT2D eigenvalue weighted by Crippen LogP contribution is 2.21. The van der Waals surface area contributed by atoms with Gasteiger partial charge in [0.05, 0.1) is 12.1 Å². The van der Waals surface area contributed by atoms with Crippen LogP contribution in [0, 0.1) is 11.8 Å². The van der Waals surface area contributed by atoms with Crippen LogP contribution in [0.25, 0.3) is 0 Å². The summed E-state index contributed by atoms with van der Waals surface area (Å²) >= 11 is 0. The van der Waals surface area contributed by atoms with E-state index in [9.17, 15) is 24.3 Å². The Hall–Kier alpha value is -4.90. The smallest absolute Gasteiger partial charge is 0.407 e. The third-order valence-corrected chi connectivity index (χ3v) is 9.26. The molecule has 53 heavy (non-hydrogen) atoms. The Morgan fingerprint density at radius 2 is 1.30 bits per heavy atom. The molecule has 11 nitrogen and oxygen atoms in total. The number of aliphatic hydroxyl groups is 1. The Kier molecular flexibility index (Phi) is 15.3. The number of benzene rings is 3. The first-order valence-corrected chi connectivity index (χ1v) is 18.6. The van der Waals surface area contributed by atoms with Gasteiger partial charge in [-0.3, -0.25) is 9.59 Å². The third kappa shape index (κ3) is 13.9. The molecule has 0 bridgehead atoms. The Morgan fingerprint density at radius 1 is 0.774 bits per heavy atom. The minimum absolute atomic E-state index is 0.0322. The zero-order valence-corrected chi connectivity index (χ0v) is 31.6. The molecule has 1 saturated heterocycles. The van der Waals surface area contributed by atoms with Crippen molar-refractivity contribution in [2.75, 3.05) is 13.1 Å². The van der Waals surface area contributed by atoms with E-state index in [-0.39, 0.29) is 36.8 Å². The van der Waals surface area contributed by atoms with Crippen LogP contribution in [0.5, 0.6) is 0 Å². The number of carbonyl (C=O) groups excluding carboxylic acids is 4. The van der Waals surface area contributed by atoms with Crippen molar-refractivity contribution in [1.82, 2.24) is 20.9 Å². The molecule has 0 saturated carbocycles. The van der Waals surface area contributed by atoms with Crippen LogP contribution in [-0.2, 0) is 38.5 Å². The summed E-state index contributed by atoms with van der Waals surface area (Å²) < 4.78 is 10.9. The van der Waals surface area contributed by atoms with E-state index in [0.29, 0.717) is 38.8 Å². The van der Waals surface area contributed by atoms with Crippen molar-refractivity contribution >= 4 is 24.0 Å². The first-order valence-electron chi connectivity index (χ1n) is 18.6. The molecule has 0 unspecified atom stereocenters. The topological polar surface area (TPSA) is 146 Å². The predicted molar refractivity (Wildman–Crippen MR) is 204 cm³/mol. The second-order valence-electron chi connectivity index (χ2n) is 15.2. The maximum Gasteiger partial charge on any atom is 0.407 e. The molecule has 4 rings (SSSR count). The van der Waals surface area contributed by atoms with Crippen LogP contribution in [0.2, 0.25) is 0 Å². The number of hydrogen-bond donors (Lipinski definition) is 4. The van der Waals surface area contributed by atoms with Crippen LogP contribution in [0.1, 0.15) is 70.6 Å². The number of carbonyl (C=O) groups is 4. The van der Waals surface area contributed by atoms with Gasteiger partial charge >= 0.3 is 12.2 Å². The highest BCUT2D eigenvalue weighted by Gasteiger charge is 2.35. The molecule has 0 radical (unpaired) electrons. The standard InChI is InChI=1S/C42H56N4O7/c1-29(2)37(39(49)46-23-21-34(22-24-46)43-40(50)52-28-32-19-13-8-14-20-32)45-38(48)33(25-30-15-9-6-10-16-30)27-36(47)35(26-31-17-11-7-12-18-31)44-41(51)53-42(3,4)5/h6-20,29,33-37,47H,21-28H2,1-5H3,(H,43,50)(H,44,51)(H,45,48)/t33-,35-,36+,37-/m0/s1. The first kappa shape index (κ1) is 40.9. The molecular weight excluding hydrogens is 672 g/mol. The molecule has 0 aliphatic carbocycles. The second kappa shape index (κ2) is 19.8. The fraction of sp³-hybridized carbons (Fsp3) is 0.476. The summed E-state index contributed by atoms with van der Waals surface area (Å²) in [6, 6.07) is 26.8. The van der Waals surface area contributed by atoms with Crippen LogP contribution < -0.4 is 16.0 Å². The van der Waals surface area contributed by atoms with Gasteiger partial charge in [0.25, 0.3) is 0 Å². The number of rotatable bonds is 15. The lowest BCUT2D eigenvalue weighted by Gasteiger charge is -2.36. The molecule has 4 atom stereocenters. The largest absolute Gasteiger partial charge is 0.445 e. The van der Waals surface area contributed by atoms with Gasteiger partial charge in [0, 0.05) is 25.0 Å². The number of likely N-dealkylation sites (tertiary alicyclic amines) is 1. The molecule has 3 aromatic carbocycles. The van der Waals surface area contributed by atoms with Crippen molar-refractivity contribution in [2.24, 2.45) is 11.8 Å². The number of ether oxygens (including phenoxy) is 2. The van der Waals surface area contributed by atoms with E-state index in [2.05, 4.69) is 16.0 Å². The zero-order valence-electron chi connectivity index (χ0n) is 31.6. The van der Waals surface area contributed by atoms with Crippen molar-refractivity contribution in [2.45, 2.75) is 103 Å². The van der Waals surface area contributed by atoms with Crippen molar-refractivity contribution < 1.29 is 33.8 Å². The molecule has 0 spiro atoms. The van der Waals surface area contributed by atoms with E-state index < -0.39 is 41.9 Å². The molecule has 4 N–H and O–H groups in total. The molecule has 11 heteroatoms. The molecule has 0 aromatic heterocycles. The maximum atomic E-state index is 14.1. The highest BCUT2D eigenvalue weighted by molar-refractivity contribution is 5.89. The summed E-state index contributed by atoms with van der Waals surface area (Å²) in [5.74, 6) is -1.46. The Labute approximate surface area is 313 Å². The zero-order chi connectivity index (χ0) is 38.4. The van der Waals surface area contributed by atoms with Gasteiger partial charge in [-0.15, -0.1) is 0 Å². The quantitative estimate of drug-likeness (QED) is 0.155. The number of hydrogen-bond acceptors (Lipinski definition) is 7. The molecule has 286 valence electrons. The van der Waals surface area contributed by atoms with Gasteiger partial charge < -0.3 is 35.4 Å². The summed E-state index contributed by atoms with van der Waals surface area (Å²) in [5, 5.41) is 20.5. The van der Waals surface area contributed by atoms with E-state index in [1.54, 1.807) is 25.7 Å². The summed E-state index contributed by atoms with van der Waals surface area (Å²) in [6.45, 7) is 10.1. The van der Waals surface area contributed by atoms with E-state index >= 15 is 0 Å². The van der Waals surface area contributed by atoms with Crippen molar-refractivity contribution in [1.29, 1.82) is 0 Å². The normalized spacial score (nSPS) is 15.8. The van der Waals surface area contributed by atoms with E-state index in [1.807, 2.05) is 105 Å². The van der Waals surface area contributed by atoms with Gasteiger partial charge in [0.2, 0.25) is 11.8 Å². The minimum Gasteiger partial charge on any atom is -0.445 e. The van der Waals surface area contributed by atoms with Crippen molar-refractivity contribution in [3.63, 3.8) is 0 Å². The van der Waals surface area contributed by atoms with E-state index in [0.717, 1.165) is 16.7 Å². The fourth-order valence-corrected chi connectivity index (χ4v) is 6.40. The van der Waals surface area contributed by atoms with Crippen molar-refractivity contribution in [3.8, 4) is 0 Å². The van der Waals surface area contributed by atoms with Crippen LogP contribution in [0.15, 0.2) is 91.0 Å². The predicted octanol–water partition coefficient (Wildman–Crippen LogP) is 5.79. The van der Waals surface area contributed by atoms with E-state index in [1.165, 1.54) is 0 Å². The number of nitrogens with zero attached hydrogens (tertiary/aromatic N) is 1. The summed E-state index contributed by atoms with van der Waals surface area (Å²) in [7, 11) is 0. The first-order chi connectivity index (χ1) is 25.3. The van der Waals surface area contributed by atoms with Gasteiger partial charge in [-0.1, -0.05) is 105 Å². The summed E-state index contributed by atoms with van der Waals surface area (Å²) in [5.41, 5.74) is 1.98. The highest BCUT2D eigenvalue weighted by atomic mass is 16.6. The number of piperidine rings is 1. The lowest BCUT2D eigenvalue weighted by molar-refractivity contribution is -0.139.